The lowest BCUT2D eigenvalue weighted by atomic mass is 10.0. The van der Waals surface area contributed by atoms with E-state index in [0.717, 1.165) is 26.1 Å². The van der Waals surface area contributed by atoms with E-state index in [-0.39, 0.29) is 0 Å². The van der Waals surface area contributed by atoms with E-state index < -0.39 is 0 Å². The van der Waals surface area contributed by atoms with E-state index in [0.29, 0.717) is 5.92 Å². The molecule has 1 aromatic heterocycles. The normalized spacial score (nSPS) is 17.7. The summed E-state index contributed by atoms with van der Waals surface area (Å²) in [5.74, 6) is 1.83. The molecule has 2 rings (SSSR count). The number of rotatable bonds is 3. The van der Waals surface area contributed by atoms with E-state index in [9.17, 15) is 0 Å². The Morgan fingerprint density at radius 1 is 1.53 bits per heavy atom. The standard InChI is InChI=1S/C11H20N4/c1-9(7-12)6-10-8-13-15-5-3-4-14(2)11(10)15/h8-9H,3-7,12H2,1-2H3. The van der Waals surface area contributed by atoms with Crippen molar-refractivity contribution in [2.45, 2.75) is 26.3 Å². The van der Waals surface area contributed by atoms with Crippen LogP contribution in [0.25, 0.3) is 0 Å². The van der Waals surface area contributed by atoms with Crippen LogP contribution in [0.5, 0.6) is 0 Å². The van der Waals surface area contributed by atoms with E-state index in [4.69, 9.17) is 5.73 Å². The third-order valence-electron chi connectivity index (χ3n) is 3.08. The molecule has 0 bridgehead atoms. The third-order valence-corrected chi connectivity index (χ3v) is 3.08. The van der Waals surface area contributed by atoms with Gasteiger partial charge in [-0.1, -0.05) is 6.92 Å². The average molecular weight is 208 g/mol. The zero-order valence-electron chi connectivity index (χ0n) is 9.61. The molecule has 1 atom stereocenters. The molecular weight excluding hydrogens is 188 g/mol. The fourth-order valence-corrected chi connectivity index (χ4v) is 2.19. The molecule has 0 aromatic carbocycles. The SMILES string of the molecule is CC(CN)Cc1cnn2c1N(C)CCC2. The maximum absolute atomic E-state index is 5.66. The van der Waals surface area contributed by atoms with Gasteiger partial charge in [-0.05, 0) is 25.3 Å². The molecule has 1 aromatic rings. The quantitative estimate of drug-likeness (QED) is 0.801. The molecule has 0 amide bonds. The highest BCUT2D eigenvalue weighted by Gasteiger charge is 2.19. The largest absolute Gasteiger partial charge is 0.360 e. The van der Waals surface area contributed by atoms with Crippen LogP contribution in [0.3, 0.4) is 0 Å². The van der Waals surface area contributed by atoms with Gasteiger partial charge in [0.1, 0.15) is 5.82 Å². The number of nitrogens with zero attached hydrogens (tertiary/aromatic N) is 3. The van der Waals surface area contributed by atoms with Crippen molar-refractivity contribution < 1.29 is 0 Å². The van der Waals surface area contributed by atoms with Crippen molar-refractivity contribution in [1.82, 2.24) is 9.78 Å². The number of fused-ring (bicyclic) bond motifs is 1. The molecule has 84 valence electrons. The van der Waals surface area contributed by atoms with Crippen LogP contribution in [-0.2, 0) is 13.0 Å². The molecule has 1 aliphatic rings. The van der Waals surface area contributed by atoms with Crippen molar-refractivity contribution in [3.8, 4) is 0 Å². The summed E-state index contributed by atoms with van der Waals surface area (Å²) in [5.41, 5.74) is 7.00. The number of aryl methyl sites for hydroxylation is 1. The zero-order valence-corrected chi connectivity index (χ0v) is 9.61. The summed E-state index contributed by atoms with van der Waals surface area (Å²) >= 11 is 0. The van der Waals surface area contributed by atoms with E-state index in [1.54, 1.807) is 0 Å². The highest BCUT2D eigenvalue weighted by Crippen LogP contribution is 2.25. The number of nitrogens with two attached hydrogens (primary N) is 1. The first-order valence-electron chi connectivity index (χ1n) is 5.68. The predicted octanol–water partition coefficient (Wildman–Crippen LogP) is 0.860. The number of aromatic nitrogens is 2. The highest BCUT2D eigenvalue weighted by atomic mass is 15.4. The summed E-state index contributed by atoms with van der Waals surface area (Å²) in [7, 11) is 2.14. The molecule has 0 fully saturated rings. The minimum Gasteiger partial charge on any atom is -0.360 e. The summed E-state index contributed by atoms with van der Waals surface area (Å²) in [5, 5.41) is 4.43. The lowest BCUT2D eigenvalue weighted by molar-refractivity contribution is 0.529. The Labute approximate surface area is 91.1 Å². The van der Waals surface area contributed by atoms with E-state index in [1.807, 2.05) is 6.20 Å². The van der Waals surface area contributed by atoms with Gasteiger partial charge in [-0.2, -0.15) is 5.10 Å². The van der Waals surface area contributed by atoms with Crippen molar-refractivity contribution in [3.05, 3.63) is 11.8 Å². The second-order valence-corrected chi connectivity index (χ2v) is 4.54. The van der Waals surface area contributed by atoms with E-state index >= 15 is 0 Å². The molecule has 15 heavy (non-hydrogen) atoms. The fraction of sp³-hybridized carbons (Fsp3) is 0.727. The predicted molar refractivity (Wildman–Crippen MR) is 62.0 cm³/mol. The molecule has 2 heterocycles. The topological polar surface area (TPSA) is 47.1 Å². The fourth-order valence-electron chi connectivity index (χ4n) is 2.19. The van der Waals surface area contributed by atoms with Gasteiger partial charge < -0.3 is 10.6 Å². The number of hydrogen-bond donors (Lipinski definition) is 1. The third kappa shape index (κ3) is 2.00. The van der Waals surface area contributed by atoms with Gasteiger partial charge in [-0.15, -0.1) is 0 Å². The minimum absolute atomic E-state index is 0.536. The van der Waals surface area contributed by atoms with E-state index in [1.165, 1.54) is 17.8 Å². The van der Waals surface area contributed by atoms with Crippen molar-refractivity contribution >= 4 is 5.82 Å². The molecule has 0 radical (unpaired) electrons. The highest BCUT2D eigenvalue weighted by molar-refractivity contribution is 5.47. The molecule has 2 N–H and O–H groups in total. The lowest BCUT2D eigenvalue weighted by Crippen LogP contribution is -2.29. The first kappa shape index (κ1) is 10.5. The van der Waals surface area contributed by atoms with Gasteiger partial charge in [-0.3, -0.25) is 0 Å². The first-order chi connectivity index (χ1) is 7.22. The Morgan fingerprint density at radius 2 is 2.33 bits per heavy atom. The van der Waals surface area contributed by atoms with Crippen LogP contribution in [0.4, 0.5) is 5.82 Å². The Bertz CT molecular complexity index is 331. The van der Waals surface area contributed by atoms with Crippen LogP contribution in [0, 0.1) is 5.92 Å². The van der Waals surface area contributed by atoms with Crippen LogP contribution in [0.2, 0.25) is 0 Å². The molecule has 1 aliphatic heterocycles. The van der Waals surface area contributed by atoms with Crippen molar-refractivity contribution in [2.75, 3.05) is 25.0 Å². The van der Waals surface area contributed by atoms with Crippen molar-refractivity contribution in [1.29, 1.82) is 0 Å². The Balaban J connectivity index is 2.21. The van der Waals surface area contributed by atoms with Gasteiger partial charge in [-0.25, -0.2) is 4.68 Å². The summed E-state index contributed by atoms with van der Waals surface area (Å²) in [6, 6.07) is 0. The number of hydrogen-bond acceptors (Lipinski definition) is 3. The number of anilines is 1. The molecule has 4 nitrogen and oxygen atoms in total. The molecule has 0 spiro atoms. The second-order valence-electron chi connectivity index (χ2n) is 4.54. The Hall–Kier alpha value is -1.03. The molecule has 0 saturated carbocycles. The summed E-state index contributed by atoms with van der Waals surface area (Å²) in [4.78, 5) is 2.30. The molecular formula is C11H20N4. The average Bonchev–Trinajstić information content (AvgIpc) is 2.63. The monoisotopic (exact) mass is 208 g/mol. The van der Waals surface area contributed by atoms with Gasteiger partial charge in [0, 0.05) is 25.7 Å². The van der Waals surface area contributed by atoms with Crippen LogP contribution in [0.1, 0.15) is 18.9 Å². The molecule has 0 saturated heterocycles. The van der Waals surface area contributed by atoms with Gasteiger partial charge in [0.05, 0.1) is 6.20 Å². The first-order valence-corrected chi connectivity index (χ1v) is 5.68. The maximum atomic E-state index is 5.66. The van der Waals surface area contributed by atoms with Gasteiger partial charge in [0.15, 0.2) is 0 Å². The van der Waals surface area contributed by atoms with Crippen molar-refractivity contribution in [3.63, 3.8) is 0 Å². The van der Waals surface area contributed by atoms with Crippen LogP contribution < -0.4 is 10.6 Å². The summed E-state index contributed by atoms with van der Waals surface area (Å²) < 4.78 is 2.11. The molecule has 1 unspecified atom stereocenters. The van der Waals surface area contributed by atoms with Crippen molar-refractivity contribution in [2.24, 2.45) is 11.7 Å². The second kappa shape index (κ2) is 4.23. The maximum Gasteiger partial charge on any atom is 0.129 e. The summed E-state index contributed by atoms with van der Waals surface area (Å²) in [6.07, 6.45) is 4.23. The molecule has 0 aliphatic carbocycles. The minimum atomic E-state index is 0.536. The Kier molecular flexibility index (Phi) is 2.95. The van der Waals surface area contributed by atoms with Gasteiger partial charge in [0.2, 0.25) is 0 Å². The van der Waals surface area contributed by atoms with Crippen LogP contribution in [-0.4, -0.2) is 29.9 Å². The summed E-state index contributed by atoms with van der Waals surface area (Å²) in [6.45, 7) is 5.12. The van der Waals surface area contributed by atoms with Crippen LogP contribution >= 0.6 is 0 Å². The lowest BCUT2D eigenvalue weighted by Gasteiger charge is -2.27. The Morgan fingerprint density at radius 3 is 3.07 bits per heavy atom. The molecule has 4 heteroatoms. The smallest absolute Gasteiger partial charge is 0.129 e. The van der Waals surface area contributed by atoms with Gasteiger partial charge >= 0.3 is 0 Å². The zero-order chi connectivity index (χ0) is 10.8. The van der Waals surface area contributed by atoms with Gasteiger partial charge in [0.25, 0.3) is 0 Å². The van der Waals surface area contributed by atoms with E-state index in [2.05, 4.69) is 28.7 Å². The van der Waals surface area contributed by atoms with Crippen LogP contribution in [0.15, 0.2) is 6.20 Å².